The van der Waals surface area contributed by atoms with E-state index in [-0.39, 0.29) is 5.91 Å². The molecule has 0 aliphatic carbocycles. The van der Waals surface area contributed by atoms with E-state index in [1.807, 2.05) is 43.3 Å². The quantitative estimate of drug-likeness (QED) is 0.754. The average molecular weight is 217 g/mol. The van der Waals surface area contributed by atoms with Crippen molar-refractivity contribution in [2.75, 3.05) is 6.54 Å². The summed E-state index contributed by atoms with van der Waals surface area (Å²) in [6.07, 6.45) is 6.12. The molecule has 1 aromatic rings. The fourth-order valence-electron chi connectivity index (χ4n) is 1.42. The van der Waals surface area contributed by atoms with Crippen LogP contribution in [0.15, 0.2) is 30.3 Å². The summed E-state index contributed by atoms with van der Waals surface area (Å²) in [6, 6.07) is 7.62. The van der Waals surface area contributed by atoms with Gasteiger partial charge in [-0.25, -0.2) is 0 Å². The van der Waals surface area contributed by atoms with E-state index in [1.165, 1.54) is 0 Å². The predicted octanol–water partition coefficient (Wildman–Crippen LogP) is 3.25. The van der Waals surface area contributed by atoms with Gasteiger partial charge in [-0.2, -0.15) is 0 Å². The van der Waals surface area contributed by atoms with E-state index in [0.29, 0.717) is 0 Å². The number of rotatable bonds is 5. The molecule has 0 radical (unpaired) electrons. The number of carbonyl (C=O) groups excluding carboxylic acids is 1. The third kappa shape index (κ3) is 3.89. The van der Waals surface area contributed by atoms with Crippen molar-refractivity contribution >= 4 is 12.0 Å². The highest BCUT2D eigenvalue weighted by Crippen LogP contribution is 2.06. The van der Waals surface area contributed by atoms with Crippen molar-refractivity contribution in [1.29, 1.82) is 0 Å². The van der Waals surface area contributed by atoms with E-state index in [1.54, 1.807) is 0 Å². The van der Waals surface area contributed by atoms with Gasteiger partial charge in [0.05, 0.1) is 0 Å². The molecule has 1 aromatic carbocycles. The Morgan fingerprint density at radius 2 is 2.00 bits per heavy atom. The molecule has 0 saturated heterocycles. The van der Waals surface area contributed by atoms with Gasteiger partial charge in [0, 0.05) is 12.1 Å². The number of allylic oxidation sites excluding steroid dienone is 1. The predicted molar refractivity (Wildman–Crippen MR) is 68.4 cm³/mol. The Balaban J connectivity index is 2.56. The van der Waals surface area contributed by atoms with E-state index in [4.69, 9.17) is 0 Å². The fourth-order valence-corrected chi connectivity index (χ4v) is 1.42. The SMILES string of the molecule is C/C=C/c1ccc(C(=O)NCCCC)cc1. The Kier molecular flexibility index (Phi) is 5.34. The molecule has 0 aliphatic heterocycles. The van der Waals surface area contributed by atoms with Gasteiger partial charge in [-0.3, -0.25) is 4.79 Å². The lowest BCUT2D eigenvalue weighted by atomic mass is 10.1. The first kappa shape index (κ1) is 12.5. The summed E-state index contributed by atoms with van der Waals surface area (Å²) in [7, 11) is 0. The van der Waals surface area contributed by atoms with Crippen molar-refractivity contribution in [3.05, 3.63) is 41.5 Å². The standard InChI is InChI=1S/C14H19NO/c1-3-5-11-15-14(16)13-9-7-12(6-4-2)8-10-13/h4,6-10H,3,5,11H2,1-2H3,(H,15,16)/b6-4+. The minimum atomic E-state index is 0.0143. The minimum absolute atomic E-state index is 0.0143. The molecule has 0 aromatic heterocycles. The second-order valence-electron chi connectivity index (χ2n) is 3.73. The molecule has 0 saturated carbocycles. The van der Waals surface area contributed by atoms with E-state index < -0.39 is 0 Å². The Labute approximate surface area is 97.4 Å². The maximum absolute atomic E-state index is 11.7. The fraction of sp³-hybridized carbons (Fsp3) is 0.357. The number of benzene rings is 1. The van der Waals surface area contributed by atoms with Gasteiger partial charge in [0.2, 0.25) is 0 Å². The summed E-state index contributed by atoms with van der Waals surface area (Å²) in [5.41, 5.74) is 1.84. The zero-order valence-electron chi connectivity index (χ0n) is 9.99. The number of hydrogen-bond acceptors (Lipinski definition) is 1. The molecule has 0 spiro atoms. The van der Waals surface area contributed by atoms with Crippen LogP contribution in [0.2, 0.25) is 0 Å². The first-order chi connectivity index (χ1) is 7.77. The molecule has 0 unspecified atom stereocenters. The van der Waals surface area contributed by atoms with Crippen molar-refractivity contribution in [2.45, 2.75) is 26.7 Å². The van der Waals surface area contributed by atoms with Gasteiger partial charge < -0.3 is 5.32 Å². The van der Waals surface area contributed by atoms with Gasteiger partial charge in [0.25, 0.3) is 5.91 Å². The van der Waals surface area contributed by atoms with Gasteiger partial charge in [-0.05, 0) is 31.0 Å². The molecule has 86 valence electrons. The second kappa shape index (κ2) is 6.83. The number of unbranched alkanes of at least 4 members (excludes halogenated alkanes) is 1. The molecule has 16 heavy (non-hydrogen) atoms. The van der Waals surface area contributed by atoms with E-state index in [0.717, 1.165) is 30.5 Å². The lowest BCUT2D eigenvalue weighted by Crippen LogP contribution is -2.24. The number of amides is 1. The summed E-state index contributed by atoms with van der Waals surface area (Å²) in [4.78, 5) is 11.7. The molecule has 0 heterocycles. The molecule has 1 rings (SSSR count). The second-order valence-corrected chi connectivity index (χ2v) is 3.73. The molecular weight excluding hydrogens is 198 g/mol. The van der Waals surface area contributed by atoms with Crippen LogP contribution in [-0.2, 0) is 0 Å². The van der Waals surface area contributed by atoms with Gasteiger partial charge in [-0.15, -0.1) is 0 Å². The molecule has 0 bridgehead atoms. The van der Waals surface area contributed by atoms with Crippen LogP contribution in [-0.4, -0.2) is 12.5 Å². The lowest BCUT2D eigenvalue weighted by Gasteiger charge is -2.04. The first-order valence-electron chi connectivity index (χ1n) is 5.79. The van der Waals surface area contributed by atoms with Crippen molar-refractivity contribution < 1.29 is 4.79 Å². The normalized spacial score (nSPS) is 10.6. The average Bonchev–Trinajstić information content (AvgIpc) is 2.30. The smallest absolute Gasteiger partial charge is 0.251 e. The first-order valence-corrected chi connectivity index (χ1v) is 5.79. The highest BCUT2D eigenvalue weighted by molar-refractivity contribution is 5.94. The number of nitrogens with one attached hydrogen (secondary N) is 1. The maximum atomic E-state index is 11.7. The summed E-state index contributed by atoms with van der Waals surface area (Å²) >= 11 is 0. The topological polar surface area (TPSA) is 29.1 Å². The van der Waals surface area contributed by atoms with E-state index >= 15 is 0 Å². The van der Waals surface area contributed by atoms with Gasteiger partial charge in [-0.1, -0.05) is 37.6 Å². The molecule has 0 atom stereocenters. The van der Waals surface area contributed by atoms with Crippen LogP contribution in [0.5, 0.6) is 0 Å². The molecule has 1 amide bonds. The lowest BCUT2D eigenvalue weighted by molar-refractivity contribution is 0.0953. The highest BCUT2D eigenvalue weighted by Gasteiger charge is 2.02. The molecule has 1 N–H and O–H groups in total. The van der Waals surface area contributed by atoms with E-state index in [9.17, 15) is 4.79 Å². The third-order valence-electron chi connectivity index (χ3n) is 2.35. The van der Waals surface area contributed by atoms with Crippen LogP contribution in [0.4, 0.5) is 0 Å². The number of carbonyl (C=O) groups is 1. The molecular formula is C14H19NO. The van der Waals surface area contributed by atoms with Crippen molar-refractivity contribution in [1.82, 2.24) is 5.32 Å². The monoisotopic (exact) mass is 217 g/mol. The van der Waals surface area contributed by atoms with Crippen LogP contribution in [0.3, 0.4) is 0 Å². The zero-order valence-corrected chi connectivity index (χ0v) is 9.99. The molecule has 0 aliphatic rings. The Hall–Kier alpha value is -1.57. The van der Waals surface area contributed by atoms with Gasteiger partial charge in [0.1, 0.15) is 0 Å². The van der Waals surface area contributed by atoms with Crippen LogP contribution >= 0.6 is 0 Å². The Morgan fingerprint density at radius 3 is 2.56 bits per heavy atom. The van der Waals surface area contributed by atoms with Crippen LogP contribution in [0.1, 0.15) is 42.6 Å². The van der Waals surface area contributed by atoms with Crippen LogP contribution in [0.25, 0.3) is 6.08 Å². The highest BCUT2D eigenvalue weighted by atomic mass is 16.1. The summed E-state index contributed by atoms with van der Waals surface area (Å²) in [6.45, 7) is 4.84. The third-order valence-corrected chi connectivity index (χ3v) is 2.35. The molecule has 2 nitrogen and oxygen atoms in total. The van der Waals surface area contributed by atoms with Crippen molar-refractivity contribution in [2.24, 2.45) is 0 Å². The summed E-state index contributed by atoms with van der Waals surface area (Å²) in [5, 5.41) is 2.89. The molecule has 2 heteroatoms. The van der Waals surface area contributed by atoms with Crippen molar-refractivity contribution in [3.63, 3.8) is 0 Å². The Bertz CT molecular complexity index is 352. The Morgan fingerprint density at radius 1 is 1.31 bits per heavy atom. The largest absolute Gasteiger partial charge is 0.352 e. The van der Waals surface area contributed by atoms with Crippen LogP contribution < -0.4 is 5.32 Å². The number of hydrogen-bond donors (Lipinski definition) is 1. The van der Waals surface area contributed by atoms with E-state index in [2.05, 4.69) is 12.2 Å². The summed E-state index contributed by atoms with van der Waals surface area (Å²) < 4.78 is 0. The zero-order chi connectivity index (χ0) is 11.8. The maximum Gasteiger partial charge on any atom is 0.251 e. The molecule has 0 fully saturated rings. The minimum Gasteiger partial charge on any atom is -0.352 e. The van der Waals surface area contributed by atoms with Crippen LogP contribution in [0, 0.1) is 0 Å². The summed E-state index contributed by atoms with van der Waals surface area (Å²) in [5.74, 6) is 0.0143. The van der Waals surface area contributed by atoms with Gasteiger partial charge in [0.15, 0.2) is 0 Å². The van der Waals surface area contributed by atoms with Gasteiger partial charge >= 0.3 is 0 Å². The van der Waals surface area contributed by atoms with Crippen molar-refractivity contribution in [3.8, 4) is 0 Å².